The summed E-state index contributed by atoms with van der Waals surface area (Å²) in [5, 5.41) is 0. The molecule has 0 radical (unpaired) electrons. The maximum Gasteiger partial charge on any atom is 0.327 e. The molecule has 86 valence electrons. The van der Waals surface area contributed by atoms with E-state index in [0.29, 0.717) is 6.54 Å². The lowest BCUT2D eigenvalue weighted by molar-refractivity contribution is -0.144. The van der Waals surface area contributed by atoms with Crippen molar-refractivity contribution >= 4 is 5.97 Å². The molecule has 0 saturated carbocycles. The average molecular weight is 219 g/mol. The Bertz CT molecular complexity index is 348. The van der Waals surface area contributed by atoms with E-state index >= 15 is 0 Å². The number of hydrogen-bond acceptors (Lipinski definition) is 3. The van der Waals surface area contributed by atoms with Crippen LogP contribution in [0.1, 0.15) is 5.56 Å². The van der Waals surface area contributed by atoms with Gasteiger partial charge >= 0.3 is 5.97 Å². The van der Waals surface area contributed by atoms with Crippen molar-refractivity contribution in [1.29, 1.82) is 0 Å². The topological polar surface area (TPSA) is 29.5 Å². The van der Waals surface area contributed by atoms with E-state index in [4.69, 9.17) is 4.74 Å². The first-order valence-corrected chi connectivity index (χ1v) is 5.13. The fourth-order valence-corrected chi connectivity index (χ4v) is 1.55. The summed E-state index contributed by atoms with van der Waals surface area (Å²) in [6.07, 6.45) is 1.59. The molecule has 3 heteroatoms. The summed E-state index contributed by atoms with van der Waals surface area (Å²) < 4.78 is 4.71. The zero-order chi connectivity index (χ0) is 12.0. The molecular formula is C13H17NO2. The van der Waals surface area contributed by atoms with Crippen LogP contribution < -0.4 is 0 Å². The van der Waals surface area contributed by atoms with Crippen molar-refractivity contribution in [2.75, 3.05) is 14.2 Å². The van der Waals surface area contributed by atoms with Gasteiger partial charge in [0.15, 0.2) is 0 Å². The van der Waals surface area contributed by atoms with E-state index in [2.05, 4.69) is 6.58 Å². The molecule has 1 unspecified atom stereocenters. The van der Waals surface area contributed by atoms with Crippen LogP contribution in [-0.4, -0.2) is 31.1 Å². The monoisotopic (exact) mass is 219 g/mol. The Morgan fingerprint density at radius 1 is 1.50 bits per heavy atom. The van der Waals surface area contributed by atoms with Crippen LogP contribution in [0.5, 0.6) is 0 Å². The molecule has 0 spiro atoms. The van der Waals surface area contributed by atoms with Gasteiger partial charge in [0, 0.05) is 6.54 Å². The van der Waals surface area contributed by atoms with Crippen molar-refractivity contribution in [3.8, 4) is 0 Å². The number of likely N-dealkylation sites (N-methyl/N-ethyl adjacent to an activating group) is 1. The van der Waals surface area contributed by atoms with E-state index in [0.717, 1.165) is 5.56 Å². The minimum atomic E-state index is -0.398. The molecule has 0 aliphatic carbocycles. The van der Waals surface area contributed by atoms with Gasteiger partial charge in [0.25, 0.3) is 0 Å². The van der Waals surface area contributed by atoms with Crippen molar-refractivity contribution in [3.63, 3.8) is 0 Å². The Morgan fingerprint density at radius 2 is 2.12 bits per heavy atom. The van der Waals surface area contributed by atoms with Crippen LogP contribution in [0.15, 0.2) is 43.0 Å². The van der Waals surface area contributed by atoms with Gasteiger partial charge in [-0.1, -0.05) is 36.4 Å². The Balaban J connectivity index is 2.66. The zero-order valence-corrected chi connectivity index (χ0v) is 9.72. The van der Waals surface area contributed by atoms with Gasteiger partial charge in [0.05, 0.1) is 7.11 Å². The molecule has 16 heavy (non-hydrogen) atoms. The largest absolute Gasteiger partial charge is 0.468 e. The lowest BCUT2D eigenvalue weighted by Gasteiger charge is -2.22. The Morgan fingerprint density at radius 3 is 2.62 bits per heavy atom. The van der Waals surface area contributed by atoms with Gasteiger partial charge < -0.3 is 4.74 Å². The SMILES string of the molecule is C=CC(C(=O)OC)N(C)Cc1ccccc1. The second kappa shape index (κ2) is 6.08. The quantitative estimate of drug-likeness (QED) is 0.559. The van der Waals surface area contributed by atoms with Crippen LogP contribution in [0, 0.1) is 0 Å². The first-order valence-electron chi connectivity index (χ1n) is 5.13. The van der Waals surface area contributed by atoms with E-state index in [1.807, 2.05) is 42.3 Å². The lowest BCUT2D eigenvalue weighted by Crippen LogP contribution is -2.37. The smallest absolute Gasteiger partial charge is 0.327 e. The highest BCUT2D eigenvalue weighted by atomic mass is 16.5. The minimum absolute atomic E-state index is 0.284. The van der Waals surface area contributed by atoms with Gasteiger partial charge in [-0.05, 0) is 12.6 Å². The summed E-state index contributed by atoms with van der Waals surface area (Å²) >= 11 is 0. The number of methoxy groups -OCH3 is 1. The molecule has 0 N–H and O–H groups in total. The molecule has 0 heterocycles. The predicted octanol–water partition coefficient (Wildman–Crippen LogP) is 1.85. The zero-order valence-electron chi connectivity index (χ0n) is 9.72. The third-order valence-corrected chi connectivity index (χ3v) is 2.42. The summed E-state index contributed by atoms with van der Waals surface area (Å²) in [7, 11) is 3.26. The number of hydrogen-bond donors (Lipinski definition) is 0. The van der Waals surface area contributed by atoms with Gasteiger partial charge in [-0.25, -0.2) is 0 Å². The first-order chi connectivity index (χ1) is 7.69. The maximum absolute atomic E-state index is 11.4. The number of carbonyl (C=O) groups is 1. The van der Waals surface area contributed by atoms with Crippen LogP contribution in [0.25, 0.3) is 0 Å². The van der Waals surface area contributed by atoms with Gasteiger partial charge in [-0.3, -0.25) is 9.69 Å². The van der Waals surface area contributed by atoms with Crippen molar-refractivity contribution in [2.45, 2.75) is 12.6 Å². The molecule has 1 aromatic carbocycles. The van der Waals surface area contributed by atoms with Crippen molar-refractivity contribution in [1.82, 2.24) is 4.90 Å². The van der Waals surface area contributed by atoms with E-state index in [9.17, 15) is 4.79 Å². The van der Waals surface area contributed by atoms with Gasteiger partial charge in [0.2, 0.25) is 0 Å². The summed E-state index contributed by atoms with van der Waals surface area (Å²) in [6, 6.07) is 9.57. The van der Waals surface area contributed by atoms with Crippen molar-refractivity contribution in [2.24, 2.45) is 0 Å². The molecule has 0 amide bonds. The summed E-state index contributed by atoms with van der Waals surface area (Å²) in [6.45, 7) is 4.34. The molecule has 0 aliphatic heterocycles. The van der Waals surface area contributed by atoms with E-state index in [1.54, 1.807) is 6.08 Å². The molecule has 3 nitrogen and oxygen atoms in total. The number of carbonyl (C=O) groups excluding carboxylic acids is 1. The van der Waals surface area contributed by atoms with Crippen LogP contribution >= 0.6 is 0 Å². The molecule has 1 atom stereocenters. The fourth-order valence-electron chi connectivity index (χ4n) is 1.55. The standard InChI is InChI=1S/C13H17NO2/c1-4-12(13(15)16-3)14(2)10-11-8-6-5-7-9-11/h4-9,12H,1,10H2,2-3H3. The Hall–Kier alpha value is -1.61. The van der Waals surface area contributed by atoms with E-state index < -0.39 is 6.04 Å². The molecule has 0 bridgehead atoms. The van der Waals surface area contributed by atoms with E-state index in [1.165, 1.54) is 7.11 Å². The molecule has 1 aromatic rings. The number of benzene rings is 1. The van der Waals surface area contributed by atoms with Crippen LogP contribution in [-0.2, 0) is 16.1 Å². The summed E-state index contributed by atoms with van der Waals surface area (Å²) in [5.74, 6) is -0.284. The van der Waals surface area contributed by atoms with Crippen LogP contribution in [0.2, 0.25) is 0 Å². The fraction of sp³-hybridized carbons (Fsp3) is 0.308. The highest BCUT2D eigenvalue weighted by Crippen LogP contribution is 2.07. The molecule has 0 fully saturated rings. The van der Waals surface area contributed by atoms with Crippen molar-refractivity contribution in [3.05, 3.63) is 48.6 Å². The Kier molecular flexibility index (Phi) is 4.73. The second-order valence-corrected chi connectivity index (χ2v) is 3.60. The number of nitrogens with zero attached hydrogens (tertiary/aromatic N) is 1. The third kappa shape index (κ3) is 3.21. The molecule has 0 saturated heterocycles. The van der Waals surface area contributed by atoms with Crippen LogP contribution in [0.4, 0.5) is 0 Å². The summed E-state index contributed by atoms with van der Waals surface area (Å²) in [5.41, 5.74) is 1.15. The number of rotatable bonds is 5. The summed E-state index contributed by atoms with van der Waals surface area (Å²) in [4.78, 5) is 13.3. The first kappa shape index (κ1) is 12.5. The number of esters is 1. The predicted molar refractivity (Wildman–Crippen MR) is 63.9 cm³/mol. The van der Waals surface area contributed by atoms with Gasteiger partial charge in [-0.15, -0.1) is 6.58 Å². The van der Waals surface area contributed by atoms with E-state index in [-0.39, 0.29) is 5.97 Å². The van der Waals surface area contributed by atoms with Gasteiger partial charge in [0.1, 0.15) is 6.04 Å². The Labute approximate surface area is 96.3 Å². The third-order valence-electron chi connectivity index (χ3n) is 2.42. The lowest BCUT2D eigenvalue weighted by atomic mass is 10.2. The average Bonchev–Trinajstić information content (AvgIpc) is 2.31. The molecule has 0 aliphatic rings. The molecule has 1 rings (SSSR count). The van der Waals surface area contributed by atoms with Crippen LogP contribution in [0.3, 0.4) is 0 Å². The molecule has 0 aromatic heterocycles. The minimum Gasteiger partial charge on any atom is -0.468 e. The van der Waals surface area contributed by atoms with Crippen molar-refractivity contribution < 1.29 is 9.53 Å². The normalized spacial score (nSPS) is 12.2. The number of ether oxygens (including phenoxy) is 1. The highest BCUT2D eigenvalue weighted by Gasteiger charge is 2.20. The molecular weight excluding hydrogens is 202 g/mol. The second-order valence-electron chi connectivity index (χ2n) is 3.60. The maximum atomic E-state index is 11.4. The van der Waals surface area contributed by atoms with Gasteiger partial charge in [-0.2, -0.15) is 0 Å². The highest BCUT2D eigenvalue weighted by molar-refractivity contribution is 5.77.